The van der Waals surface area contributed by atoms with E-state index in [0.717, 1.165) is 5.56 Å². The summed E-state index contributed by atoms with van der Waals surface area (Å²) in [7, 11) is 1.49. The van der Waals surface area contributed by atoms with E-state index in [9.17, 15) is 22.8 Å². The summed E-state index contributed by atoms with van der Waals surface area (Å²) in [5.74, 6) is 0.496. The molecule has 2 aromatic heterocycles. The quantitative estimate of drug-likeness (QED) is 0.530. The summed E-state index contributed by atoms with van der Waals surface area (Å²) in [6.45, 7) is 3.73. The molecule has 0 aliphatic rings. The van der Waals surface area contributed by atoms with Crippen LogP contribution in [0.1, 0.15) is 11.3 Å². The lowest BCUT2D eigenvalue weighted by atomic mass is 10.0. The van der Waals surface area contributed by atoms with E-state index < -0.39 is 23.1 Å². The van der Waals surface area contributed by atoms with Gasteiger partial charge in [-0.05, 0) is 35.9 Å². The minimum Gasteiger partial charge on any atom is -0.496 e. The van der Waals surface area contributed by atoms with Gasteiger partial charge in [0.1, 0.15) is 17.1 Å². The molecule has 10 heteroatoms. The van der Waals surface area contributed by atoms with Crippen LogP contribution in [0, 0.1) is 0 Å². The van der Waals surface area contributed by atoms with Gasteiger partial charge in [0, 0.05) is 11.6 Å². The van der Waals surface area contributed by atoms with Gasteiger partial charge in [0.25, 0.3) is 5.56 Å². The van der Waals surface area contributed by atoms with E-state index in [2.05, 4.69) is 11.7 Å². The number of aromatic amines is 1. The Balaban J connectivity index is 1.93. The number of halogens is 3. The first kappa shape index (κ1) is 20.2. The second kappa shape index (κ2) is 7.31. The van der Waals surface area contributed by atoms with Crippen LogP contribution in [0.4, 0.5) is 13.2 Å². The first-order valence-electron chi connectivity index (χ1n) is 8.87. The fourth-order valence-corrected chi connectivity index (χ4v) is 3.19. The van der Waals surface area contributed by atoms with E-state index in [-0.39, 0.29) is 5.69 Å². The number of ether oxygens (including phenoxy) is 1. The molecule has 0 unspecified atom stereocenters. The lowest BCUT2D eigenvalue weighted by Crippen LogP contribution is -2.35. The lowest BCUT2D eigenvalue weighted by Gasteiger charge is -2.09. The Kier molecular flexibility index (Phi) is 4.77. The van der Waals surface area contributed by atoms with Crippen LogP contribution in [0.25, 0.3) is 34.0 Å². The van der Waals surface area contributed by atoms with Gasteiger partial charge in [0.2, 0.25) is 0 Å². The van der Waals surface area contributed by atoms with Gasteiger partial charge in [-0.3, -0.25) is 4.79 Å². The molecule has 0 radical (unpaired) electrons. The molecular weight excluding hydrogens is 415 g/mol. The third-order valence-electron chi connectivity index (χ3n) is 4.66. The summed E-state index contributed by atoms with van der Waals surface area (Å²) < 4.78 is 49.9. The molecule has 31 heavy (non-hydrogen) atoms. The molecule has 4 aromatic rings. The number of benzene rings is 2. The standard InChI is InChI=1S/C21H14F3N3O4/c1-3-11-4-6-15(30-2)13(8-11)19-14-9-12(5-7-16(14)31-26-19)27-18(28)10-17(21(22,23)24)25-20(27)29/h3-10H,1H2,2H3,(H,25,29). The van der Waals surface area contributed by atoms with Gasteiger partial charge in [-0.2, -0.15) is 13.2 Å². The van der Waals surface area contributed by atoms with Crippen LogP contribution in [0.3, 0.4) is 0 Å². The Hall–Kier alpha value is -4.08. The van der Waals surface area contributed by atoms with Crippen molar-refractivity contribution in [1.29, 1.82) is 0 Å². The van der Waals surface area contributed by atoms with Crippen LogP contribution in [-0.4, -0.2) is 21.8 Å². The van der Waals surface area contributed by atoms with Crippen LogP contribution in [0.15, 0.2) is 63.2 Å². The largest absolute Gasteiger partial charge is 0.496 e. The summed E-state index contributed by atoms with van der Waals surface area (Å²) in [4.78, 5) is 26.2. The zero-order chi connectivity index (χ0) is 22.3. The van der Waals surface area contributed by atoms with E-state index in [1.165, 1.54) is 25.3 Å². The molecular formula is C21H14F3N3O4. The van der Waals surface area contributed by atoms with Crippen LogP contribution >= 0.6 is 0 Å². The highest BCUT2D eigenvalue weighted by molar-refractivity contribution is 5.94. The number of nitrogens with zero attached hydrogens (tertiary/aromatic N) is 2. The molecule has 7 nitrogen and oxygen atoms in total. The highest BCUT2D eigenvalue weighted by Crippen LogP contribution is 2.36. The van der Waals surface area contributed by atoms with Gasteiger partial charge >= 0.3 is 11.9 Å². The van der Waals surface area contributed by atoms with Gasteiger partial charge in [-0.15, -0.1) is 0 Å². The Labute approximate surface area is 172 Å². The van der Waals surface area contributed by atoms with Crippen LogP contribution in [0.5, 0.6) is 5.75 Å². The third-order valence-corrected chi connectivity index (χ3v) is 4.66. The van der Waals surface area contributed by atoms with Crippen molar-refractivity contribution in [2.24, 2.45) is 0 Å². The molecule has 2 heterocycles. The van der Waals surface area contributed by atoms with Crippen molar-refractivity contribution in [3.05, 3.63) is 81.1 Å². The lowest BCUT2D eigenvalue weighted by molar-refractivity contribution is -0.141. The predicted molar refractivity (Wildman–Crippen MR) is 107 cm³/mol. The van der Waals surface area contributed by atoms with E-state index >= 15 is 0 Å². The van der Waals surface area contributed by atoms with Crippen LogP contribution in [-0.2, 0) is 6.18 Å². The summed E-state index contributed by atoms with van der Waals surface area (Å²) in [5, 5.41) is 4.50. The third kappa shape index (κ3) is 3.52. The monoisotopic (exact) mass is 429 g/mol. The zero-order valence-corrected chi connectivity index (χ0v) is 16.0. The molecule has 0 aliphatic heterocycles. The molecule has 0 amide bonds. The smallest absolute Gasteiger partial charge is 0.431 e. The number of hydrogen-bond donors (Lipinski definition) is 1. The Bertz CT molecular complexity index is 1400. The molecule has 2 aromatic carbocycles. The Morgan fingerprint density at radius 3 is 2.58 bits per heavy atom. The number of aromatic nitrogens is 3. The first-order chi connectivity index (χ1) is 14.7. The van der Waals surface area contributed by atoms with Crippen molar-refractivity contribution in [3.8, 4) is 22.7 Å². The molecule has 0 bridgehead atoms. The number of nitrogens with one attached hydrogen (secondary N) is 1. The van der Waals surface area contributed by atoms with E-state index in [1.807, 2.05) is 0 Å². The van der Waals surface area contributed by atoms with Crippen LogP contribution < -0.4 is 16.0 Å². The van der Waals surface area contributed by atoms with Gasteiger partial charge in [-0.25, -0.2) is 9.36 Å². The highest BCUT2D eigenvalue weighted by atomic mass is 19.4. The molecule has 0 fully saturated rings. The first-order valence-corrected chi connectivity index (χ1v) is 8.87. The molecule has 158 valence electrons. The van der Waals surface area contributed by atoms with Crippen molar-refractivity contribution in [2.45, 2.75) is 6.18 Å². The summed E-state index contributed by atoms with van der Waals surface area (Å²) in [6.07, 6.45) is -3.21. The molecule has 4 rings (SSSR count). The molecule has 0 saturated carbocycles. The SMILES string of the molecule is C=Cc1ccc(OC)c(-c2noc3ccc(-n4c(=O)cc(C(F)(F)F)[nH]c4=O)cc23)c1. The number of methoxy groups -OCH3 is 1. The maximum Gasteiger partial charge on any atom is 0.431 e. The van der Waals surface area contributed by atoms with Crippen molar-refractivity contribution in [1.82, 2.24) is 14.7 Å². The number of hydrogen-bond acceptors (Lipinski definition) is 5. The fourth-order valence-electron chi connectivity index (χ4n) is 3.19. The maximum absolute atomic E-state index is 12.9. The maximum atomic E-state index is 12.9. The van der Waals surface area contributed by atoms with Gasteiger partial charge in [0.05, 0.1) is 18.2 Å². The van der Waals surface area contributed by atoms with E-state index in [1.54, 1.807) is 29.3 Å². The normalized spacial score (nSPS) is 11.6. The molecule has 0 atom stereocenters. The minimum absolute atomic E-state index is 0.0516. The molecule has 0 spiro atoms. The van der Waals surface area contributed by atoms with Gasteiger partial charge < -0.3 is 14.2 Å². The summed E-state index contributed by atoms with van der Waals surface area (Å²) in [6, 6.07) is 9.90. The topological polar surface area (TPSA) is 90.1 Å². The van der Waals surface area contributed by atoms with E-state index in [0.29, 0.717) is 38.6 Å². The molecule has 0 aliphatic carbocycles. The van der Waals surface area contributed by atoms with Crippen molar-refractivity contribution < 1.29 is 22.4 Å². The summed E-state index contributed by atoms with van der Waals surface area (Å²) in [5.41, 5.74) is -1.63. The minimum atomic E-state index is -4.85. The second-order valence-corrected chi connectivity index (χ2v) is 6.54. The number of alkyl halides is 3. The average Bonchev–Trinajstić information content (AvgIpc) is 3.15. The van der Waals surface area contributed by atoms with Crippen molar-refractivity contribution >= 4 is 17.0 Å². The molecule has 0 saturated heterocycles. The average molecular weight is 429 g/mol. The Morgan fingerprint density at radius 1 is 1.16 bits per heavy atom. The van der Waals surface area contributed by atoms with Crippen molar-refractivity contribution in [3.63, 3.8) is 0 Å². The summed E-state index contributed by atoms with van der Waals surface area (Å²) >= 11 is 0. The van der Waals surface area contributed by atoms with E-state index in [4.69, 9.17) is 9.26 Å². The van der Waals surface area contributed by atoms with Crippen LogP contribution in [0.2, 0.25) is 0 Å². The Morgan fingerprint density at radius 2 is 1.94 bits per heavy atom. The molecule has 1 N–H and O–H groups in total. The number of H-pyrrole nitrogens is 1. The predicted octanol–water partition coefficient (Wildman–Crippen LogP) is 4.00. The fraction of sp³-hybridized carbons (Fsp3) is 0.0952. The second-order valence-electron chi connectivity index (χ2n) is 6.54. The number of rotatable bonds is 4. The van der Waals surface area contributed by atoms with Gasteiger partial charge in [-0.1, -0.05) is 23.9 Å². The number of fused-ring (bicyclic) bond motifs is 1. The van der Waals surface area contributed by atoms with Gasteiger partial charge in [0.15, 0.2) is 5.58 Å². The zero-order valence-electron chi connectivity index (χ0n) is 16.0. The van der Waals surface area contributed by atoms with Crippen molar-refractivity contribution in [2.75, 3.05) is 7.11 Å². The highest BCUT2D eigenvalue weighted by Gasteiger charge is 2.33.